The molecule has 0 unspecified atom stereocenters. The average molecular weight is 246 g/mol. The van der Waals surface area contributed by atoms with Gasteiger partial charge in [-0.1, -0.05) is 30.0 Å². The van der Waals surface area contributed by atoms with Crippen molar-refractivity contribution in [2.24, 2.45) is 0 Å². The number of aromatic nitrogens is 1. The summed E-state index contributed by atoms with van der Waals surface area (Å²) in [4.78, 5) is 11.0. The molecule has 0 amide bonds. The maximum Gasteiger partial charge on any atom is 1.00 e. The molecule has 2 aromatic rings. The van der Waals surface area contributed by atoms with Crippen LogP contribution in [0.3, 0.4) is 0 Å². The van der Waals surface area contributed by atoms with Gasteiger partial charge in [0.1, 0.15) is 0 Å². The van der Waals surface area contributed by atoms with Crippen LogP contribution in [-0.4, -0.2) is 5.16 Å². The quantitative estimate of drug-likeness (QED) is 0.618. The van der Waals surface area contributed by atoms with E-state index in [0.717, 1.165) is 5.56 Å². The molecule has 0 fully saturated rings. The average Bonchev–Trinajstić information content (AvgIpc) is 2.53. The topological polar surface area (TPSA) is 46.0 Å². The number of hydrogen-bond donors (Lipinski definition) is 1. The van der Waals surface area contributed by atoms with Crippen molar-refractivity contribution in [1.29, 1.82) is 0 Å². The van der Waals surface area contributed by atoms with Gasteiger partial charge in [0.25, 0.3) is 0 Å². The third-order valence-corrected chi connectivity index (χ3v) is 1.59. The Kier molecular flexibility index (Phi) is 4.32. The minimum absolute atomic E-state index is 0. The van der Waals surface area contributed by atoms with Crippen LogP contribution in [0.5, 0.6) is 0 Å². The summed E-state index contributed by atoms with van der Waals surface area (Å²) in [6, 6.07) is 9.26. The van der Waals surface area contributed by atoms with E-state index in [0.29, 0.717) is 5.56 Å². The summed E-state index contributed by atoms with van der Waals surface area (Å²) in [5.41, 5.74) is 0.865. The maximum atomic E-state index is 11.0. The third-order valence-electron chi connectivity index (χ3n) is 1.59. The maximum absolute atomic E-state index is 11.0. The van der Waals surface area contributed by atoms with Crippen LogP contribution >= 0.6 is 0 Å². The largest absolute Gasteiger partial charge is 1.00 e. The van der Waals surface area contributed by atoms with Crippen molar-refractivity contribution in [2.75, 3.05) is 0 Å². The second kappa shape index (κ2) is 5.05. The monoisotopic (exact) mass is 245 g/mol. The Bertz CT molecular complexity index is 418. The molecule has 4 heteroatoms. The molecule has 3 nitrogen and oxygen atoms in total. The number of rotatable bonds is 1. The minimum Gasteiger partial charge on any atom is -0.413 e. The van der Waals surface area contributed by atoms with E-state index in [9.17, 15) is 4.79 Å². The van der Waals surface area contributed by atoms with Crippen molar-refractivity contribution in [3.8, 4) is 11.1 Å². The Labute approximate surface area is 124 Å². The molecule has 1 N–H and O–H groups in total. The first-order valence-corrected chi connectivity index (χ1v) is 3.52. The molecule has 0 saturated heterocycles. The van der Waals surface area contributed by atoms with Gasteiger partial charge in [0.2, 0.25) is 5.63 Å². The van der Waals surface area contributed by atoms with Crippen LogP contribution in [0.25, 0.3) is 11.1 Å². The van der Waals surface area contributed by atoms with Gasteiger partial charge < -0.3 is 9.32 Å². The molecule has 0 aliphatic carbocycles. The van der Waals surface area contributed by atoms with Gasteiger partial charge in [0.15, 0.2) is 0 Å². The Morgan fingerprint density at radius 3 is 2.46 bits per heavy atom. The van der Waals surface area contributed by atoms with Crippen molar-refractivity contribution in [3.05, 3.63) is 46.9 Å². The molecule has 0 atom stereocenters. The zero-order valence-corrected chi connectivity index (χ0v) is 12.1. The molecule has 13 heavy (non-hydrogen) atoms. The fourth-order valence-corrected chi connectivity index (χ4v) is 1.02. The van der Waals surface area contributed by atoms with Crippen LogP contribution in [0.4, 0.5) is 0 Å². The van der Waals surface area contributed by atoms with Gasteiger partial charge in [0.05, 0.1) is 0 Å². The molecule has 0 aliphatic heterocycles. The first-order valence-electron chi connectivity index (χ1n) is 3.52. The molecule has 60 valence electrons. The van der Waals surface area contributed by atoms with E-state index in [1.807, 2.05) is 30.3 Å². The van der Waals surface area contributed by atoms with Crippen molar-refractivity contribution >= 4 is 0 Å². The van der Waals surface area contributed by atoms with Crippen LogP contribution in [0, 0.1) is 6.20 Å². The summed E-state index contributed by atoms with van der Waals surface area (Å²) >= 11 is 0. The molecule has 0 radical (unpaired) electrons. The number of benzene rings is 1. The summed E-state index contributed by atoms with van der Waals surface area (Å²) in [6.45, 7) is 0. The standard InChI is InChI=1S/C9H6NO2.Rb/c11-9-8(6-10-12-9)7-4-2-1-3-5-7;/h1-5,10H;/q-1;+1. The fourth-order valence-electron chi connectivity index (χ4n) is 1.02. The van der Waals surface area contributed by atoms with Gasteiger partial charge in [0, 0.05) is 0 Å². The van der Waals surface area contributed by atoms with Gasteiger partial charge in [-0.2, -0.15) is 0 Å². The number of nitrogens with one attached hydrogen (secondary N) is 1. The van der Waals surface area contributed by atoms with E-state index in [-0.39, 0.29) is 63.8 Å². The Morgan fingerprint density at radius 2 is 1.92 bits per heavy atom. The Hall–Kier alpha value is 0.0352. The summed E-state index contributed by atoms with van der Waals surface area (Å²) in [7, 11) is 0. The summed E-state index contributed by atoms with van der Waals surface area (Å²) in [5.74, 6) is 0. The fraction of sp³-hybridized carbons (Fsp3) is 0. The van der Waals surface area contributed by atoms with E-state index in [4.69, 9.17) is 0 Å². The summed E-state index contributed by atoms with van der Waals surface area (Å²) in [5, 5.41) is 2.28. The molecular weight excluding hydrogens is 240 g/mol. The van der Waals surface area contributed by atoms with Crippen molar-refractivity contribution in [2.45, 2.75) is 0 Å². The zero-order valence-electron chi connectivity index (χ0n) is 7.20. The van der Waals surface area contributed by atoms with Crippen LogP contribution in [0.15, 0.2) is 39.6 Å². The van der Waals surface area contributed by atoms with Crippen molar-refractivity contribution < 1.29 is 62.7 Å². The SMILES string of the molecule is O=c1o[nH][c-]c1-c1ccccc1.[Rb+]. The Balaban J connectivity index is 0.000000845. The predicted octanol–water partition coefficient (Wildman–Crippen LogP) is -1.56. The van der Waals surface area contributed by atoms with Crippen molar-refractivity contribution in [1.82, 2.24) is 5.16 Å². The molecule has 0 bridgehead atoms. The summed E-state index contributed by atoms with van der Waals surface area (Å²) in [6.07, 6.45) is 2.62. The van der Waals surface area contributed by atoms with E-state index in [2.05, 4.69) is 15.9 Å². The van der Waals surface area contributed by atoms with E-state index < -0.39 is 0 Å². The molecule has 2 rings (SSSR count). The van der Waals surface area contributed by atoms with Gasteiger partial charge in [-0.05, 0) is 0 Å². The predicted molar refractivity (Wildman–Crippen MR) is 43.6 cm³/mol. The van der Waals surface area contributed by atoms with Gasteiger partial charge in [-0.25, -0.2) is 0 Å². The molecular formula is C9H6NO2Rb. The Morgan fingerprint density at radius 1 is 1.23 bits per heavy atom. The second-order valence-electron chi connectivity index (χ2n) is 2.36. The smallest absolute Gasteiger partial charge is 0.413 e. The van der Waals surface area contributed by atoms with Gasteiger partial charge in [-0.15, -0.1) is 17.7 Å². The number of aromatic amines is 1. The van der Waals surface area contributed by atoms with Crippen LogP contribution in [0.2, 0.25) is 0 Å². The molecule has 1 aromatic heterocycles. The first kappa shape index (κ1) is 11.1. The van der Waals surface area contributed by atoms with Crippen LogP contribution in [0.1, 0.15) is 0 Å². The molecule has 0 saturated carbocycles. The first-order chi connectivity index (χ1) is 5.88. The molecule has 1 aromatic carbocycles. The van der Waals surface area contributed by atoms with E-state index in [1.165, 1.54) is 0 Å². The molecule has 0 spiro atoms. The number of hydrogen-bond acceptors (Lipinski definition) is 2. The van der Waals surface area contributed by atoms with Gasteiger partial charge in [-0.3, -0.25) is 5.16 Å². The normalized spacial score (nSPS) is 9.23. The zero-order chi connectivity index (χ0) is 8.39. The minimum atomic E-state index is -0.388. The van der Waals surface area contributed by atoms with E-state index in [1.54, 1.807) is 0 Å². The van der Waals surface area contributed by atoms with Crippen LogP contribution < -0.4 is 63.8 Å². The summed E-state index contributed by atoms with van der Waals surface area (Å²) < 4.78 is 4.48. The third kappa shape index (κ3) is 2.50. The molecule has 0 aliphatic rings. The second-order valence-corrected chi connectivity index (χ2v) is 2.36. The van der Waals surface area contributed by atoms with Crippen LogP contribution in [-0.2, 0) is 0 Å². The van der Waals surface area contributed by atoms with E-state index >= 15 is 0 Å². The molecule has 1 heterocycles. The number of H-pyrrole nitrogens is 1. The van der Waals surface area contributed by atoms with Gasteiger partial charge >= 0.3 is 58.2 Å². The van der Waals surface area contributed by atoms with Crippen molar-refractivity contribution in [3.63, 3.8) is 0 Å².